The Morgan fingerprint density at radius 1 is 1.29 bits per heavy atom. The predicted molar refractivity (Wildman–Crippen MR) is 111 cm³/mol. The molecule has 3 rings (SSSR count). The van der Waals surface area contributed by atoms with E-state index in [0.717, 1.165) is 29.7 Å². The molecule has 6 nitrogen and oxygen atoms in total. The SMILES string of the molecule is CCCCCS(=O)(=O)C1=C2N=C3CC(C(=O)OC(C)(C)C)NCC3=C2CC=C1. The number of fused-ring (bicyclic) bond motifs is 2. The van der Waals surface area contributed by atoms with Crippen LogP contribution in [-0.4, -0.2) is 44.0 Å². The van der Waals surface area contributed by atoms with E-state index in [2.05, 4.69) is 17.2 Å². The number of hydrogen-bond acceptors (Lipinski definition) is 6. The average molecular weight is 407 g/mol. The molecular formula is C21H30N2O4S. The van der Waals surface area contributed by atoms with Gasteiger partial charge in [-0.1, -0.05) is 25.8 Å². The van der Waals surface area contributed by atoms with E-state index in [0.29, 0.717) is 36.4 Å². The quantitative estimate of drug-likeness (QED) is 0.541. The number of nitrogens with zero attached hydrogens (tertiary/aromatic N) is 1. The molecule has 2 heterocycles. The fraction of sp³-hybridized carbons (Fsp3) is 0.619. The minimum atomic E-state index is -3.37. The zero-order valence-corrected chi connectivity index (χ0v) is 18.0. The van der Waals surface area contributed by atoms with E-state index >= 15 is 0 Å². The second-order valence-electron chi connectivity index (χ2n) is 8.53. The Bertz CT molecular complexity index is 886. The second kappa shape index (κ2) is 7.95. The molecule has 2 aliphatic heterocycles. The van der Waals surface area contributed by atoms with Crippen molar-refractivity contribution in [3.05, 3.63) is 33.9 Å². The van der Waals surface area contributed by atoms with Crippen molar-refractivity contribution in [2.75, 3.05) is 12.3 Å². The Morgan fingerprint density at radius 3 is 2.71 bits per heavy atom. The molecule has 0 amide bonds. The molecule has 0 bridgehead atoms. The molecule has 1 atom stereocenters. The van der Waals surface area contributed by atoms with Crippen molar-refractivity contribution in [2.45, 2.75) is 71.4 Å². The molecule has 0 aromatic rings. The van der Waals surface area contributed by atoms with Gasteiger partial charge >= 0.3 is 5.97 Å². The van der Waals surface area contributed by atoms with E-state index in [1.54, 1.807) is 6.08 Å². The number of rotatable bonds is 6. The fourth-order valence-electron chi connectivity index (χ4n) is 3.68. The number of carbonyl (C=O) groups is 1. The largest absolute Gasteiger partial charge is 0.459 e. The number of esters is 1. The van der Waals surface area contributed by atoms with Gasteiger partial charge in [-0.3, -0.25) is 15.1 Å². The molecule has 3 aliphatic rings. The summed E-state index contributed by atoms with van der Waals surface area (Å²) in [6, 6.07) is -0.458. The lowest BCUT2D eigenvalue weighted by Crippen LogP contribution is -2.47. The first-order valence-corrected chi connectivity index (χ1v) is 11.7. The molecule has 1 aliphatic carbocycles. The van der Waals surface area contributed by atoms with Crippen LogP contribution < -0.4 is 5.32 Å². The van der Waals surface area contributed by atoms with E-state index < -0.39 is 21.5 Å². The van der Waals surface area contributed by atoms with E-state index in [1.807, 2.05) is 26.8 Å². The van der Waals surface area contributed by atoms with Crippen molar-refractivity contribution < 1.29 is 17.9 Å². The number of sulfone groups is 1. The number of nitrogens with one attached hydrogen (secondary N) is 1. The van der Waals surface area contributed by atoms with Gasteiger partial charge in [-0.15, -0.1) is 0 Å². The summed E-state index contributed by atoms with van der Waals surface area (Å²) in [6.45, 7) is 8.08. The summed E-state index contributed by atoms with van der Waals surface area (Å²) < 4.78 is 31.2. The van der Waals surface area contributed by atoms with Gasteiger partial charge in [-0.2, -0.15) is 0 Å². The third kappa shape index (κ3) is 4.46. The summed E-state index contributed by atoms with van der Waals surface area (Å²) in [5.41, 5.74) is 2.84. The minimum Gasteiger partial charge on any atom is -0.459 e. The number of unbranched alkanes of at least 4 members (excludes halogenated alkanes) is 2. The van der Waals surface area contributed by atoms with Gasteiger partial charge in [0.15, 0.2) is 9.84 Å². The van der Waals surface area contributed by atoms with Crippen LogP contribution in [0, 0.1) is 0 Å². The van der Waals surface area contributed by atoms with Crippen LogP contribution in [-0.2, 0) is 19.4 Å². The first-order chi connectivity index (χ1) is 13.1. The third-order valence-corrected chi connectivity index (χ3v) is 6.86. The predicted octanol–water partition coefficient (Wildman–Crippen LogP) is 3.22. The zero-order chi connectivity index (χ0) is 20.5. The van der Waals surface area contributed by atoms with E-state index in [1.165, 1.54) is 0 Å². The van der Waals surface area contributed by atoms with Crippen LogP contribution in [0.5, 0.6) is 0 Å². The number of hydrogen-bond donors (Lipinski definition) is 1. The van der Waals surface area contributed by atoms with Crippen LogP contribution in [0.4, 0.5) is 0 Å². The van der Waals surface area contributed by atoms with Crippen molar-refractivity contribution in [3.63, 3.8) is 0 Å². The molecule has 0 aromatic heterocycles. The number of ether oxygens (including phenoxy) is 1. The highest BCUT2D eigenvalue weighted by Gasteiger charge is 2.37. The Morgan fingerprint density at radius 2 is 2.04 bits per heavy atom. The van der Waals surface area contributed by atoms with Gasteiger partial charge in [0.25, 0.3) is 0 Å². The van der Waals surface area contributed by atoms with Crippen molar-refractivity contribution >= 4 is 21.5 Å². The van der Waals surface area contributed by atoms with Crippen molar-refractivity contribution in [1.29, 1.82) is 0 Å². The Kier molecular flexibility index (Phi) is 5.96. The summed E-state index contributed by atoms with van der Waals surface area (Å²) in [5, 5.41) is 3.23. The zero-order valence-electron chi connectivity index (χ0n) is 17.2. The van der Waals surface area contributed by atoms with Crippen molar-refractivity contribution in [3.8, 4) is 0 Å². The highest BCUT2D eigenvalue weighted by Crippen LogP contribution is 2.38. The van der Waals surface area contributed by atoms with E-state index in [-0.39, 0.29) is 11.7 Å². The van der Waals surface area contributed by atoms with E-state index in [9.17, 15) is 13.2 Å². The van der Waals surface area contributed by atoms with Crippen LogP contribution in [0.1, 0.15) is 59.8 Å². The molecule has 28 heavy (non-hydrogen) atoms. The van der Waals surface area contributed by atoms with Crippen molar-refractivity contribution in [1.82, 2.24) is 5.32 Å². The number of piperidine rings is 1. The summed E-state index contributed by atoms with van der Waals surface area (Å²) in [6.07, 6.45) is 7.22. The molecule has 0 spiro atoms. The first-order valence-electron chi connectivity index (χ1n) is 10.0. The lowest BCUT2D eigenvalue weighted by molar-refractivity contribution is -0.157. The van der Waals surface area contributed by atoms with Crippen LogP contribution >= 0.6 is 0 Å². The highest BCUT2D eigenvalue weighted by atomic mass is 32.2. The minimum absolute atomic E-state index is 0.149. The average Bonchev–Trinajstić information content (AvgIpc) is 2.98. The standard InChI is InChI=1S/C21H30N2O4S/c1-5-6-7-11-28(25,26)18-10-8-9-14-15-13-22-17(12-16(15)23-19(14)18)20(24)27-21(2,3)4/h8,10,17,22H,5-7,9,11-13H2,1-4H3. The summed E-state index contributed by atoms with van der Waals surface area (Å²) >= 11 is 0. The fourth-order valence-corrected chi connectivity index (χ4v) is 5.26. The van der Waals surface area contributed by atoms with Gasteiger partial charge in [0, 0.05) is 18.7 Å². The monoisotopic (exact) mass is 406 g/mol. The smallest absolute Gasteiger partial charge is 0.324 e. The molecule has 154 valence electrons. The van der Waals surface area contributed by atoms with Crippen LogP contribution in [0.25, 0.3) is 0 Å². The molecule has 0 saturated carbocycles. The van der Waals surface area contributed by atoms with Gasteiger partial charge in [0.05, 0.1) is 16.4 Å². The van der Waals surface area contributed by atoms with Crippen molar-refractivity contribution in [2.24, 2.45) is 4.99 Å². The van der Waals surface area contributed by atoms with Crippen LogP contribution in [0.2, 0.25) is 0 Å². The van der Waals surface area contributed by atoms with Gasteiger partial charge in [0.2, 0.25) is 0 Å². The van der Waals surface area contributed by atoms with E-state index in [4.69, 9.17) is 4.74 Å². The van der Waals surface area contributed by atoms with Crippen LogP contribution in [0.15, 0.2) is 38.9 Å². The second-order valence-corrected chi connectivity index (χ2v) is 10.6. The molecular weight excluding hydrogens is 376 g/mol. The number of allylic oxidation sites excluding steroid dienone is 3. The summed E-state index contributed by atoms with van der Waals surface area (Å²) in [7, 11) is -3.37. The number of aliphatic imine (C=N–C) groups is 1. The van der Waals surface area contributed by atoms with Gasteiger partial charge in [0.1, 0.15) is 11.6 Å². The molecule has 1 N–H and O–H groups in total. The molecule has 1 saturated heterocycles. The topological polar surface area (TPSA) is 84.8 Å². The van der Waals surface area contributed by atoms with Gasteiger partial charge in [-0.05, 0) is 50.8 Å². The molecule has 1 fully saturated rings. The van der Waals surface area contributed by atoms with Gasteiger partial charge in [-0.25, -0.2) is 8.42 Å². The Labute approximate surface area is 167 Å². The summed E-state index contributed by atoms with van der Waals surface area (Å²) in [5.74, 6) is -0.148. The lowest BCUT2D eigenvalue weighted by Gasteiger charge is -2.28. The molecule has 7 heteroatoms. The number of carbonyl (C=O) groups excluding carboxylic acids is 1. The normalized spacial score (nSPS) is 22.1. The highest BCUT2D eigenvalue weighted by molar-refractivity contribution is 7.95. The molecule has 0 radical (unpaired) electrons. The maximum absolute atomic E-state index is 12.8. The summed E-state index contributed by atoms with van der Waals surface area (Å²) in [4.78, 5) is 17.4. The Hall–Kier alpha value is -1.73. The van der Waals surface area contributed by atoms with Crippen LogP contribution in [0.3, 0.4) is 0 Å². The third-order valence-electron chi connectivity index (χ3n) is 5.04. The maximum Gasteiger partial charge on any atom is 0.324 e. The molecule has 0 aromatic carbocycles. The van der Waals surface area contributed by atoms with Gasteiger partial charge < -0.3 is 4.74 Å². The lowest BCUT2D eigenvalue weighted by atomic mass is 9.92. The maximum atomic E-state index is 12.8. The molecule has 1 unspecified atom stereocenters. The first kappa shape index (κ1) is 21.0. The Balaban J connectivity index is 1.85.